The van der Waals surface area contributed by atoms with Crippen molar-refractivity contribution in [1.82, 2.24) is 15.1 Å². The number of carbonyl (C=O) groups excluding carboxylic acids is 1. The van der Waals surface area contributed by atoms with Gasteiger partial charge in [0, 0.05) is 29.3 Å². The first kappa shape index (κ1) is 13.8. The molecule has 5 heteroatoms. The molecule has 0 aliphatic rings. The third kappa shape index (κ3) is 4.21. The monoisotopic (exact) mass is 321 g/mol. The Balaban J connectivity index is 1.73. The van der Waals surface area contributed by atoms with Crippen LogP contribution < -0.4 is 5.32 Å². The molecule has 4 nitrogen and oxygen atoms in total. The summed E-state index contributed by atoms with van der Waals surface area (Å²) in [5.41, 5.74) is 1.83. The van der Waals surface area contributed by atoms with Gasteiger partial charge in [0.1, 0.15) is 0 Å². The first-order valence-electron chi connectivity index (χ1n) is 6.18. The van der Waals surface area contributed by atoms with E-state index in [0.717, 1.165) is 23.0 Å². The van der Waals surface area contributed by atoms with Gasteiger partial charge in [0.2, 0.25) is 0 Å². The number of aromatic nitrogens is 2. The summed E-state index contributed by atoms with van der Waals surface area (Å²) in [6.45, 7) is 3.47. The van der Waals surface area contributed by atoms with Crippen LogP contribution in [0.5, 0.6) is 0 Å². The van der Waals surface area contributed by atoms with Gasteiger partial charge in [-0.15, -0.1) is 0 Å². The molecule has 0 aliphatic heterocycles. The standard InChI is InChI=1S/C14H16BrN3O/c1-11-9-17-18(10-11)8-2-7-16-14(19)12-3-5-13(15)6-4-12/h3-6,9-10H,2,7-8H2,1H3,(H,16,19). The number of hydrogen-bond acceptors (Lipinski definition) is 2. The normalized spacial score (nSPS) is 10.4. The van der Waals surface area contributed by atoms with E-state index in [9.17, 15) is 4.79 Å². The van der Waals surface area contributed by atoms with E-state index in [1.165, 1.54) is 0 Å². The van der Waals surface area contributed by atoms with E-state index in [4.69, 9.17) is 0 Å². The lowest BCUT2D eigenvalue weighted by atomic mass is 10.2. The van der Waals surface area contributed by atoms with Crippen LogP contribution in [0.2, 0.25) is 0 Å². The van der Waals surface area contributed by atoms with Crippen molar-refractivity contribution in [3.05, 3.63) is 52.3 Å². The predicted octanol–water partition coefficient (Wildman–Crippen LogP) is 2.77. The Hall–Kier alpha value is -1.62. The van der Waals surface area contributed by atoms with Gasteiger partial charge in [-0.1, -0.05) is 15.9 Å². The van der Waals surface area contributed by atoms with Crippen LogP contribution in [-0.4, -0.2) is 22.2 Å². The Morgan fingerprint density at radius 1 is 1.37 bits per heavy atom. The zero-order valence-electron chi connectivity index (χ0n) is 10.8. The van der Waals surface area contributed by atoms with Crippen LogP contribution in [0, 0.1) is 6.92 Å². The van der Waals surface area contributed by atoms with Crippen LogP contribution >= 0.6 is 15.9 Å². The summed E-state index contributed by atoms with van der Waals surface area (Å²) in [6.07, 6.45) is 4.69. The van der Waals surface area contributed by atoms with Crippen molar-refractivity contribution < 1.29 is 4.79 Å². The summed E-state index contributed by atoms with van der Waals surface area (Å²) >= 11 is 3.34. The molecule has 0 saturated heterocycles. The molecular formula is C14H16BrN3O. The van der Waals surface area contributed by atoms with Crippen molar-refractivity contribution in [2.75, 3.05) is 6.54 Å². The highest BCUT2D eigenvalue weighted by molar-refractivity contribution is 9.10. The highest BCUT2D eigenvalue weighted by atomic mass is 79.9. The van der Waals surface area contributed by atoms with Gasteiger partial charge in [0.05, 0.1) is 6.20 Å². The van der Waals surface area contributed by atoms with Crippen LogP contribution in [0.1, 0.15) is 22.3 Å². The highest BCUT2D eigenvalue weighted by Gasteiger charge is 2.04. The second-order valence-electron chi connectivity index (χ2n) is 4.40. The van der Waals surface area contributed by atoms with Gasteiger partial charge in [-0.3, -0.25) is 9.48 Å². The molecule has 0 atom stereocenters. The number of halogens is 1. The summed E-state index contributed by atoms with van der Waals surface area (Å²) < 4.78 is 2.86. The van der Waals surface area contributed by atoms with Gasteiger partial charge >= 0.3 is 0 Å². The number of aryl methyl sites for hydroxylation is 2. The minimum atomic E-state index is -0.0378. The van der Waals surface area contributed by atoms with Crippen molar-refractivity contribution in [3.63, 3.8) is 0 Å². The molecule has 2 rings (SSSR count). The summed E-state index contributed by atoms with van der Waals surface area (Å²) in [5, 5.41) is 7.10. The fourth-order valence-corrected chi connectivity index (χ4v) is 2.00. The quantitative estimate of drug-likeness (QED) is 0.861. The largest absolute Gasteiger partial charge is 0.352 e. The molecule has 100 valence electrons. The minimum absolute atomic E-state index is 0.0378. The lowest BCUT2D eigenvalue weighted by Crippen LogP contribution is -2.25. The maximum absolute atomic E-state index is 11.8. The number of carbonyl (C=O) groups is 1. The Morgan fingerprint density at radius 2 is 2.11 bits per heavy atom. The Labute approximate surface area is 120 Å². The van der Waals surface area contributed by atoms with Gasteiger partial charge < -0.3 is 5.32 Å². The van der Waals surface area contributed by atoms with Crippen molar-refractivity contribution in [3.8, 4) is 0 Å². The molecule has 2 aromatic rings. The molecule has 1 N–H and O–H groups in total. The van der Waals surface area contributed by atoms with E-state index < -0.39 is 0 Å². The van der Waals surface area contributed by atoms with Gasteiger partial charge in [-0.05, 0) is 43.2 Å². The number of hydrogen-bond donors (Lipinski definition) is 1. The van der Waals surface area contributed by atoms with Crippen LogP contribution in [0.15, 0.2) is 41.1 Å². The topological polar surface area (TPSA) is 46.9 Å². The summed E-state index contributed by atoms with van der Waals surface area (Å²) in [4.78, 5) is 11.8. The second kappa shape index (κ2) is 6.52. The molecule has 1 amide bonds. The maximum Gasteiger partial charge on any atom is 0.251 e. The molecule has 0 saturated carbocycles. The van der Waals surface area contributed by atoms with E-state index in [-0.39, 0.29) is 5.91 Å². The molecule has 0 unspecified atom stereocenters. The predicted molar refractivity (Wildman–Crippen MR) is 78.1 cm³/mol. The lowest BCUT2D eigenvalue weighted by molar-refractivity contribution is 0.0952. The van der Waals surface area contributed by atoms with Crippen molar-refractivity contribution in [2.24, 2.45) is 0 Å². The summed E-state index contributed by atoms with van der Waals surface area (Å²) in [5.74, 6) is -0.0378. The third-order valence-electron chi connectivity index (χ3n) is 2.72. The van der Waals surface area contributed by atoms with Gasteiger partial charge in [0.15, 0.2) is 0 Å². The highest BCUT2D eigenvalue weighted by Crippen LogP contribution is 2.10. The number of nitrogens with one attached hydrogen (secondary N) is 1. The molecule has 1 aromatic carbocycles. The average Bonchev–Trinajstić information content (AvgIpc) is 2.81. The molecular weight excluding hydrogens is 306 g/mol. The van der Waals surface area contributed by atoms with Crippen molar-refractivity contribution in [2.45, 2.75) is 19.9 Å². The smallest absolute Gasteiger partial charge is 0.251 e. The SMILES string of the molecule is Cc1cnn(CCCNC(=O)c2ccc(Br)cc2)c1. The molecule has 0 fully saturated rings. The number of benzene rings is 1. The fourth-order valence-electron chi connectivity index (χ4n) is 1.74. The maximum atomic E-state index is 11.8. The third-order valence-corrected chi connectivity index (χ3v) is 3.25. The van der Waals surface area contributed by atoms with Gasteiger partial charge in [-0.2, -0.15) is 5.10 Å². The molecule has 0 aliphatic carbocycles. The van der Waals surface area contributed by atoms with E-state index >= 15 is 0 Å². The van der Waals surface area contributed by atoms with Gasteiger partial charge in [-0.25, -0.2) is 0 Å². The van der Waals surface area contributed by atoms with Gasteiger partial charge in [0.25, 0.3) is 5.91 Å². The van der Waals surface area contributed by atoms with Crippen molar-refractivity contribution >= 4 is 21.8 Å². The first-order chi connectivity index (χ1) is 9.15. The molecule has 0 spiro atoms. The zero-order chi connectivity index (χ0) is 13.7. The molecule has 1 aromatic heterocycles. The summed E-state index contributed by atoms with van der Waals surface area (Å²) in [6, 6.07) is 7.33. The molecule has 0 radical (unpaired) electrons. The minimum Gasteiger partial charge on any atom is -0.352 e. The Morgan fingerprint density at radius 3 is 2.74 bits per heavy atom. The van der Waals surface area contributed by atoms with E-state index in [1.807, 2.05) is 36.1 Å². The van der Waals surface area contributed by atoms with Crippen LogP contribution in [-0.2, 0) is 6.54 Å². The first-order valence-corrected chi connectivity index (χ1v) is 6.97. The second-order valence-corrected chi connectivity index (χ2v) is 5.31. The zero-order valence-corrected chi connectivity index (χ0v) is 12.4. The summed E-state index contributed by atoms with van der Waals surface area (Å²) in [7, 11) is 0. The fraction of sp³-hybridized carbons (Fsp3) is 0.286. The molecule has 1 heterocycles. The van der Waals surface area contributed by atoms with Crippen molar-refractivity contribution in [1.29, 1.82) is 0 Å². The van der Waals surface area contributed by atoms with E-state index in [0.29, 0.717) is 12.1 Å². The Bertz CT molecular complexity index is 548. The molecule has 0 bridgehead atoms. The van der Waals surface area contributed by atoms with E-state index in [2.05, 4.69) is 26.3 Å². The number of amides is 1. The molecule has 19 heavy (non-hydrogen) atoms. The lowest BCUT2D eigenvalue weighted by Gasteiger charge is -2.05. The van der Waals surface area contributed by atoms with E-state index in [1.54, 1.807) is 12.1 Å². The van der Waals surface area contributed by atoms with Crippen LogP contribution in [0.3, 0.4) is 0 Å². The average molecular weight is 322 g/mol. The number of rotatable bonds is 5. The van der Waals surface area contributed by atoms with Crippen LogP contribution in [0.4, 0.5) is 0 Å². The number of nitrogens with zero attached hydrogens (tertiary/aromatic N) is 2. The van der Waals surface area contributed by atoms with Crippen LogP contribution in [0.25, 0.3) is 0 Å². The Kier molecular flexibility index (Phi) is 4.74.